The summed E-state index contributed by atoms with van der Waals surface area (Å²) in [6, 6.07) is 0. The standard InChI is InChI=1S/C11H10F3N3O2/c12-11(13,14)7-1-5-17(6-2-7)9-8(10(18)19)15-3-4-16-9/h1,3-4H,2,5-6H2,(H,18,19). The van der Waals surface area contributed by atoms with E-state index in [1.165, 1.54) is 17.3 Å². The predicted octanol–water partition coefficient (Wildman–Crippen LogP) is 1.87. The highest BCUT2D eigenvalue weighted by Crippen LogP contribution is 2.31. The lowest BCUT2D eigenvalue weighted by atomic mass is 10.1. The Morgan fingerprint density at radius 1 is 1.32 bits per heavy atom. The largest absolute Gasteiger partial charge is 0.476 e. The van der Waals surface area contributed by atoms with Gasteiger partial charge in [-0.2, -0.15) is 13.2 Å². The average Bonchev–Trinajstić information content (AvgIpc) is 2.38. The fourth-order valence-electron chi connectivity index (χ4n) is 1.83. The summed E-state index contributed by atoms with van der Waals surface area (Å²) in [6.07, 6.45) is -0.939. The van der Waals surface area contributed by atoms with Crippen molar-refractivity contribution in [3.05, 3.63) is 29.7 Å². The van der Waals surface area contributed by atoms with Crippen molar-refractivity contribution in [3.8, 4) is 0 Å². The molecule has 0 aromatic carbocycles. The summed E-state index contributed by atoms with van der Waals surface area (Å²) in [5, 5.41) is 8.95. The third-order valence-electron chi connectivity index (χ3n) is 2.75. The highest BCUT2D eigenvalue weighted by atomic mass is 19.4. The summed E-state index contributed by atoms with van der Waals surface area (Å²) in [4.78, 5) is 20.0. The topological polar surface area (TPSA) is 66.3 Å². The Labute approximate surface area is 106 Å². The number of hydrogen-bond donors (Lipinski definition) is 1. The second kappa shape index (κ2) is 4.87. The monoisotopic (exact) mass is 273 g/mol. The van der Waals surface area contributed by atoms with Gasteiger partial charge in [0.15, 0.2) is 11.5 Å². The summed E-state index contributed by atoms with van der Waals surface area (Å²) in [6.45, 7) is 0.0259. The average molecular weight is 273 g/mol. The minimum absolute atomic E-state index is 0.0339. The molecule has 0 saturated heterocycles. The number of aromatic nitrogens is 2. The van der Waals surface area contributed by atoms with Crippen molar-refractivity contribution in [3.63, 3.8) is 0 Å². The Kier molecular flexibility index (Phi) is 3.41. The lowest BCUT2D eigenvalue weighted by Crippen LogP contribution is -2.33. The van der Waals surface area contributed by atoms with Crippen LogP contribution in [0.1, 0.15) is 16.9 Å². The minimum atomic E-state index is -4.33. The van der Waals surface area contributed by atoms with E-state index in [0.29, 0.717) is 0 Å². The summed E-state index contributed by atoms with van der Waals surface area (Å²) in [5.74, 6) is -1.17. The normalized spacial score (nSPS) is 16.2. The fraction of sp³-hybridized carbons (Fsp3) is 0.364. The van der Waals surface area contributed by atoms with Crippen molar-refractivity contribution in [2.45, 2.75) is 12.6 Å². The summed E-state index contributed by atoms with van der Waals surface area (Å²) < 4.78 is 37.4. The minimum Gasteiger partial charge on any atom is -0.476 e. The molecule has 0 atom stereocenters. The SMILES string of the molecule is O=C(O)c1nccnc1N1CC=C(C(F)(F)F)CC1. The molecule has 1 aromatic heterocycles. The van der Waals surface area contributed by atoms with Crippen molar-refractivity contribution >= 4 is 11.8 Å². The van der Waals surface area contributed by atoms with Crippen LogP contribution in [0.2, 0.25) is 0 Å². The van der Waals surface area contributed by atoms with Crippen LogP contribution >= 0.6 is 0 Å². The van der Waals surface area contributed by atoms with Crippen LogP contribution in [0.25, 0.3) is 0 Å². The van der Waals surface area contributed by atoms with Gasteiger partial charge in [0, 0.05) is 31.1 Å². The molecule has 0 aliphatic carbocycles. The van der Waals surface area contributed by atoms with Crippen molar-refractivity contribution in [2.75, 3.05) is 18.0 Å². The van der Waals surface area contributed by atoms with Crippen LogP contribution in [0.4, 0.5) is 19.0 Å². The molecule has 1 N–H and O–H groups in total. The Morgan fingerprint density at radius 2 is 2.00 bits per heavy atom. The van der Waals surface area contributed by atoms with Crippen molar-refractivity contribution in [1.29, 1.82) is 0 Å². The van der Waals surface area contributed by atoms with Gasteiger partial charge in [0.1, 0.15) is 0 Å². The molecule has 5 nitrogen and oxygen atoms in total. The molecule has 0 amide bonds. The van der Waals surface area contributed by atoms with E-state index in [1.54, 1.807) is 0 Å². The van der Waals surface area contributed by atoms with Gasteiger partial charge in [-0.3, -0.25) is 0 Å². The van der Waals surface area contributed by atoms with Gasteiger partial charge in [0.25, 0.3) is 0 Å². The maximum absolute atomic E-state index is 12.5. The quantitative estimate of drug-likeness (QED) is 0.833. The van der Waals surface area contributed by atoms with Crippen LogP contribution in [0, 0.1) is 0 Å². The lowest BCUT2D eigenvalue weighted by Gasteiger charge is -2.28. The molecule has 0 fully saturated rings. The zero-order valence-corrected chi connectivity index (χ0v) is 9.68. The number of carbonyl (C=O) groups is 1. The van der Waals surface area contributed by atoms with E-state index < -0.39 is 17.7 Å². The van der Waals surface area contributed by atoms with Crippen LogP contribution in [0.3, 0.4) is 0 Å². The molecule has 19 heavy (non-hydrogen) atoms. The highest BCUT2D eigenvalue weighted by molar-refractivity contribution is 5.91. The summed E-state index contributed by atoms with van der Waals surface area (Å²) in [7, 11) is 0. The smallest absolute Gasteiger partial charge is 0.412 e. The lowest BCUT2D eigenvalue weighted by molar-refractivity contribution is -0.0944. The maximum Gasteiger partial charge on any atom is 0.412 e. The first-order valence-corrected chi connectivity index (χ1v) is 5.45. The number of anilines is 1. The van der Waals surface area contributed by atoms with Gasteiger partial charge in [0.2, 0.25) is 0 Å². The number of nitrogens with zero attached hydrogens (tertiary/aromatic N) is 3. The molecule has 1 aliphatic heterocycles. The number of alkyl halides is 3. The molecule has 8 heteroatoms. The van der Waals surface area contributed by atoms with Crippen LogP contribution in [-0.2, 0) is 0 Å². The van der Waals surface area contributed by atoms with Gasteiger partial charge in [-0.05, 0) is 6.42 Å². The number of carboxylic acid groups (broad SMARTS) is 1. The Hall–Kier alpha value is -2.12. The van der Waals surface area contributed by atoms with E-state index in [-0.39, 0.29) is 31.0 Å². The second-order valence-electron chi connectivity index (χ2n) is 3.96. The van der Waals surface area contributed by atoms with Crippen LogP contribution < -0.4 is 4.90 Å². The van der Waals surface area contributed by atoms with Crippen LogP contribution in [-0.4, -0.2) is 40.3 Å². The number of aromatic carboxylic acids is 1. The van der Waals surface area contributed by atoms with Crippen LogP contribution in [0.5, 0.6) is 0 Å². The number of carboxylic acids is 1. The molecule has 0 radical (unpaired) electrons. The number of hydrogen-bond acceptors (Lipinski definition) is 4. The summed E-state index contributed by atoms with van der Waals surface area (Å²) >= 11 is 0. The Morgan fingerprint density at radius 3 is 2.53 bits per heavy atom. The Balaban J connectivity index is 2.23. The molecule has 0 unspecified atom stereocenters. The molecule has 0 bridgehead atoms. The molecule has 1 aromatic rings. The third-order valence-corrected chi connectivity index (χ3v) is 2.75. The molecule has 102 valence electrons. The second-order valence-corrected chi connectivity index (χ2v) is 3.96. The molecular weight excluding hydrogens is 263 g/mol. The number of halogens is 3. The highest BCUT2D eigenvalue weighted by Gasteiger charge is 2.35. The van der Waals surface area contributed by atoms with Gasteiger partial charge < -0.3 is 10.0 Å². The van der Waals surface area contributed by atoms with Gasteiger partial charge in [0.05, 0.1) is 0 Å². The van der Waals surface area contributed by atoms with E-state index in [4.69, 9.17) is 5.11 Å². The van der Waals surface area contributed by atoms with Gasteiger partial charge in [-0.1, -0.05) is 6.08 Å². The first kappa shape index (κ1) is 13.3. The van der Waals surface area contributed by atoms with Crippen molar-refractivity contribution in [1.82, 2.24) is 9.97 Å². The van der Waals surface area contributed by atoms with E-state index in [9.17, 15) is 18.0 Å². The molecule has 1 aliphatic rings. The van der Waals surface area contributed by atoms with E-state index >= 15 is 0 Å². The van der Waals surface area contributed by atoms with Crippen molar-refractivity contribution < 1.29 is 23.1 Å². The summed E-state index contributed by atoms with van der Waals surface area (Å²) in [5.41, 5.74) is -0.851. The third kappa shape index (κ3) is 2.83. The maximum atomic E-state index is 12.5. The Bertz CT molecular complexity index is 528. The first-order chi connectivity index (χ1) is 8.89. The van der Waals surface area contributed by atoms with Gasteiger partial charge in [-0.15, -0.1) is 0 Å². The van der Waals surface area contributed by atoms with Gasteiger partial charge >= 0.3 is 12.1 Å². The molecule has 2 heterocycles. The molecule has 2 rings (SSSR count). The van der Waals surface area contributed by atoms with E-state index in [0.717, 1.165) is 6.08 Å². The fourth-order valence-corrected chi connectivity index (χ4v) is 1.83. The van der Waals surface area contributed by atoms with E-state index in [1.807, 2.05) is 0 Å². The van der Waals surface area contributed by atoms with Gasteiger partial charge in [-0.25, -0.2) is 14.8 Å². The predicted molar refractivity (Wildman–Crippen MR) is 60.0 cm³/mol. The number of rotatable bonds is 2. The molecule has 0 saturated carbocycles. The van der Waals surface area contributed by atoms with Crippen LogP contribution in [0.15, 0.2) is 24.0 Å². The zero-order valence-electron chi connectivity index (χ0n) is 9.68. The van der Waals surface area contributed by atoms with Crippen molar-refractivity contribution in [2.24, 2.45) is 0 Å². The van der Waals surface area contributed by atoms with E-state index in [2.05, 4.69) is 9.97 Å². The first-order valence-electron chi connectivity index (χ1n) is 5.45. The molecular formula is C11H10F3N3O2. The zero-order chi connectivity index (χ0) is 14.0. The molecule has 0 spiro atoms.